The molecule has 0 saturated carbocycles. The van der Waals surface area contributed by atoms with Crippen molar-refractivity contribution in [2.45, 2.75) is 26.1 Å². The van der Waals surface area contributed by atoms with Gasteiger partial charge in [0.15, 0.2) is 6.17 Å². The van der Waals surface area contributed by atoms with Crippen LogP contribution in [0.1, 0.15) is 25.0 Å². The highest BCUT2D eigenvalue weighted by molar-refractivity contribution is 8.93. The predicted molar refractivity (Wildman–Crippen MR) is 153 cm³/mol. The number of methoxy groups -OCH3 is 1. The Morgan fingerprint density at radius 3 is 2.39 bits per heavy atom. The second-order valence-electron chi connectivity index (χ2n) is 8.16. The van der Waals surface area contributed by atoms with E-state index >= 15 is 0 Å². The second kappa shape index (κ2) is 12.8. The van der Waals surface area contributed by atoms with Crippen LogP contribution in [0.4, 0.5) is 11.4 Å². The molecule has 1 unspecified atom stereocenters. The van der Waals surface area contributed by atoms with Gasteiger partial charge in [0.1, 0.15) is 12.3 Å². The Labute approximate surface area is 231 Å². The van der Waals surface area contributed by atoms with E-state index < -0.39 is 12.1 Å². The fourth-order valence-corrected chi connectivity index (χ4v) is 4.03. The van der Waals surface area contributed by atoms with Crippen LogP contribution in [0.3, 0.4) is 0 Å². The molecule has 0 radical (unpaired) electrons. The first-order valence-corrected chi connectivity index (χ1v) is 11.0. The van der Waals surface area contributed by atoms with Crippen LogP contribution in [0.5, 0.6) is 5.75 Å². The molecule has 0 saturated heterocycles. The van der Waals surface area contributed by atoms with Gasteiger partial charge >= 0.3 is 0 Å². The summed E-state index contributed by atoms with van der Waals surface area (Å²) in [4.78, 5) is 38.6. The molecule has 0 fully saturated rings. The number of ether oxygens (including phenoxy) is 1. The number of hydrogen-bond acceptors (Lipinski definition) is 6. The molecule has 36 heavy (non-hydrogen) atoms. The minimum Gasteiger partial charge on any atom is -0.497 e. The van der Waals surface area contributed by atoms with Gasteiger partial charge in [0.05, 0.1) is 18.5 Å². The Balaban J connectivity index is 0.00000228. The number of aliphatic imine (C=N–C) groups is 1. The zero-order chi connectivity index (χ0) is 24.2. The first-order valence-electron chi connectivity index (χ1n) is 11.0. The van der Waals surface area contributed by atoms with Crippen molar-refractivity contribution in [2.24, 2.45) is 10.7 Å². The summed E-state index contributed by atoms with van der Waals surface area (Å²) in [6.45, 7) is 3.68. The molecule has 8 nitrogen and oxygen atoms in total. The first kappa shape index (κ1) is 29.2. The maximum atomic E-state index is 13.5. The quantitative estimate of drug-likeness (QED) is 0.447. The third-order valence-corrected chi connectivity index (χ3v) is 5.60. The van der Waals surface area contributed by atoms with Crippen molar-refractivity contribution in [2.75, 3.05) is 23.5 Å². The number of benzene rings is 2. The Morgan fingerprint density at radius 1 is 1.08 bits per heavy atom. The molecule has 3 aromatic rings. The topological polar surface area (TPSA) is 101 Å². The molecule has 0 spiro atoms. The summed E-state index contributed by atoms with van der Waals surface area (Å²) in [7, 11) is 1.59. The molecule has 0 aliphatic carbocycles. The van der Waals surface area contributed by atoms with Crippen LogP contribution in [0.2, 0.25) is 0 Å². The van der Waals surface area contributed by atoms with Crippen LogP contribution in [0, 0.1) is 0 Å². The number of pyridine rings is 1. The van der Waals surface area contributed by atoms with Crippen molar-refractivity contribution in [3.63, 3.8) is 0 Å². The van der Waals surface area contributed by atoms with Gasteiger partial charge < -0.3 is 15.4 Å². The normalized spacial score (nSPS) is 14.6. The van der Waals surface area contributed by atoms with Gasteiger partial charge in [0.2, 0.25) is 5.91 Å². The number of nitrogens with zero attached hydrogens (tertiary/aromatic N) is 4. The van der Waals surface area contributed by atoms with E-state index in [9.17, 15) is 9.59 Å². The molecule has 190 valence electrons. The summed E-state index contributed by atoms with van der Waals surface area (Å²) in [6.07, 6.45) is 2.20. The molecule has 2 N–H and O–H groups in total. The number of benzodiazepines with no additional fused rings is 1. The van der Waals surface area contributed by atoms with Crippen molar-refractivity contribution >= 4 is 62.9 Å². The molecular weight excluding hydrogens is 590 g/mol. The molecule has 10 heteroatoms. The highest BCUT2D eigenvalue weighted by Gasteiger charge is 2.33. The molecule has 2 heterocycles. The zero-order valence-electron chi connectivity index (χ0n) is 20.2. The number of fused-ring (bicyclic) bond motifs is 1. The summed E-state index contributed by atoms with van der Waals surface area (Å²) < 4.78 is 5.23. The van der Waals surface area contributed by atoms with Crippen LogP contribution in [0.15, 0.2) is 78.0 Å². The van der Waals surface area contributed by atoms with Gasteiger partial charge in [-0.15, -0.1) is 34.0 Å². The number of amides is 2. The van der Waals surface area contributed by atoms with E-state index in [1.165, 1.54) is 4.90 Å². The lowest BCUT2D eigenvalue weighted by molar-refractivity contribution is -0.123. The maximum absolute atomic E-state index is 13.5. The minimum absolute atomic E-state index is 0. The number of halogens is 2. The second-order valence-corrected chi connectivity index (χ2v) is 8.16. The number of hydrogen-bond donors (Lipinski definition) is 1. The first-order chi connectivity index (χ1) is 16.4. The lowest BCUT2D eigenvalue weighted by Crippen LogP contribution is -2.49. The fourth-order valence-electron chi connectivity index (χ4n) is 4.03. The van der Waals surface area contributed by atoms with Gasteiger partial charge in [-0.2, -0.15) is 0 Å². The van der Waals surface area contributed by atoms with Crippen LogP contribution in [-0.2, 0) is 9.59 Å². The summed E-state index contributed by atoms with van der Waals surface area (Å²) >= 11 is 0. The molecule has 1 atom stereocenters. The van der Waals surface area contributed by atoms with Gasteiger partial charge in [-0.1, -0.05) is 18.2 Å². The molecule has 1 aliphatic heterocycles. The van der Waals surface area contributed by atoms with Crippen LogP contribution >= 0.6 is 34.0 Å². The Kier molecular flexibility index (Phi) is 10.3. The molecule has 1 aliphatic rings. The fraction of sp³-hybridized carbons (Fsp3) is 0.231. The maximum Gasteiger partial charge on any atom is 0.266 e. The van der Waals surface area contributed by atoms with Crippen LogP contribution in [-0.4, -0.2) is 48.4 Å². The number of rotatable bonds is 6. The van der Waals surface area contributed by atoms with Crippen molar-refractivity contribution < 1.29 is 14.3 Å². The Bertz CT molecular complexity index is 1220. The third kappa shape index (κ3) is 6.00. The van der Waals surface area contributed by atoms with Crippen LogP contribution in [0.25, 0.3) is 0 Å². The van der Waals surface area contributed by atoms with Gasteiger partial charge in [0, 0.05) is 35.2 Å². The predicted octanol–water partition coefficient (Wildman–Crippen LogP) is 4.16. The number of aromatic nitrogens is 1. The lowest BCUT2D eigenvalue weighted by Gasteiger charge is -2.31. The van der Waals surface area contributed by atoms with Gasteiger partial charge in [-0.25, -0.2) is 0 Å². The number of carbonyl (C=O) groups is 2. The average molecular weight is 619 g/mol. The van der Waals surface area contributed by atoms with Crippen molar-refractivity contribution in [3.05, 3.63) is 84.2 Å². The van der Waals surface area contributed by atoms with Crippen LogP contribution < -0.4 is 20.3 Å². The summed E-state index contributed by atoms with van der Waals surface area (Å²) in [5.74, 6) is 0.0149. The molecule has 0 bridgehead atoms. The van der Waals surface area contributed by atoms with E-state index in [2.05, 4.69) is 9.98 Å². The third-order valence-electron chi connectivity index (χ3n) is 5.60. The molecule has 2 amide bonds. The van der Waals surface area contributed by atoms with Crippen molar-refractivity contribution in [3.8, 4) is 5.75 Å². The molecule has 1 aromatic heterocycles. The molecule has 4 rings (SSSR count). The number of anilines is 2. The highest BCUT2D eigenvalue weighted by atomic mass is 79.9. The highest BCUT2D eigenvalue weighted by Crippen LogP contribution is 2.28. The lowest BCUT2D eigenvalue weighted by atomic mass is 10.0. The van der Waals surface area contributed by atoms with E-state index in [1.54, 1.807) is 48.7 Å². The summed E-state index contributed by atoms with van der Waals surface area (Å²) in [6, 6.07) is 18.1. The molecular formula is C26H29Br2N5O3. The number of carbonyl (C=O) groups excluding carboxylic acids is 2. The standard InChI is InChI=1S/C26H27N5O3.2BrH/c1-17(2)31(19-10-12-20(34-3)13-11-19)23(32)16-30-22-9-5-4-8-21(22)24(29-25(27)26(30)33)18-7-6-14-28-15-18;;/h4-15,17,25H,16,27H2,1-3H3;2*1H. The van der Waals surface area contributed by atoms with Gasteiger partial charge in [-0.05, 0) is 56.3 Å². The summed E-state index contributed by atoms with van der Waals surface area (Å²) in [5.41, 5.74) is 9.51. The Morgan fingerprint density at radius 2 is 1.78 bits per heavy atom. The molecule has 2 aromatic carbocycles. The Hall–Kier alpha value is -3.08. The SMILES string of the molecule is Br.Br.COc1ccc(N(C(=O)CN2C(=O)C(N)N=C(c3cccnc3)c3ccccc32)C(C)C)cc1. The zero-order valence-corrected chi connectivity index (χ0v) is 23.6. The number of para-hydroxylation sites is 1. The minimum atomic E-state index is -1.15. The van der Waals surface area contributed by atoms with Crippen molar-refractivity contribution in [1.29, 1.82) is 0 Å². The summed E-state index contributed by atoms with van der Waals surface area (Å²) in [5, 5.41) is 0. The van der Waals surface area contributed by atoms with E-state index in [-0.39, 0.29) is 52.5 Å². The largest absolute Gasteiger partial charge is 0.497 e. The van der Waals surface area contributed by atoms with Crippen molar-refractivity contribution in [1.82, 2.24) is 4.98 Å². The van der Waals surface area contributed by atoms with Gasteiger partial charge in [-0.3, -0.25) is 24.5 Å². The van der Waals surface area contributed by atoms with E-state index in [0.717, 1.165) is 5.56 Å². The van der Waals surface area contributed by atoms with Gasteiger partial charge in [0.25, 0.3) is 5.91 Å². The average Bonchev–Trinajstić information content (AvgIpc) is 2.95. The smallest absolute Gasteiger partial charge is 0.266 e. The monoisotopic (exact) mass is 617 g/mol. The number of nitrogens with two attached hydrogens (primary N) is 1. The van der Waals surface area contributed by atoms with E-state index in [4.69, 9.17) is 10.5 Å². The van der Waals surface area contributed by atoms with E-state index in [0.29, 0.717) is 28.4 Å². The van der Waals surface area contributed by atoms with E-state index in [1.807, 2.05) is 50.2 Å².